The Labute approximate surface area is 104 Å². The minimum Gasteiger partial charge on any atom is -0.384 e. The Kier molecular flexibility index (Phi) is 4.03. The summed E-state index contributed by atoms with van der Waals surface area (Å²) in [5, 5.41) is 0. The predicted octanol–water partition coefficient (Wildman–Crippen LogP) is 3.36. The lowest BCUT2D eigenvalue weighted by molar-refractivity contribution is -0.136. The van der Waals surface area contributed by atoms with E-state index in [4.69, 9.17) is 4.74 Å². The molecule has 0 aromatic carbocycles. The first kappa shape index (κ1) is 12.8. The molecule has 3 atom stereocenters. The van der Waals surface area contributed by atoms with Gasteiger partial charge in [-0.2, -0.15) is 0 Å². The Balaban J connectivity index is 2.31. The van der Waals surface area contributed by atoms with E-state index in [1.807, 2.05) is 6.08 Å². The van der Waals surface area contributed by atoms with Crippen LogP contribution in [-0.4, -0.2) is 19.5 Å². The fraction of sp³-hybridized carbons (Fsp3) is 0.800. The number of rotatable bonds is 4. The van der Waals surface area contributed by atoms with Crippen molar-refractivity contribution >= 4 is 5.78 Å². The van der Waals surface area contributed by atoms with Crippen molar-refractivity contribution in [3.05, 3.63) is 12.2 Å². The molecule has 96 valence electrons. The number of carbonyl (C=O) groups is 1. The number of allylic oxidation sites excluding steroid dienone is 2. The average molecular weight is 236 g/mol. The summed E-state index contributed by atoms with van der Waals surface area (Å²) in [5.74, 6) is 1.45. The largest absolute Gasteiger partial charge is 0.384 e. The van der Waals surface area contributed by atoms with Crippen molar-refractivity contribution in [2.45, 2.75) is 45.4 Å². The molecule has 0 heterocycles. The van der Waals surface area contributed by atoms with Crippen LogP contribution in [0, 0.1) is 17.3 Å². The normalized spacial score (nSPS) is 36.9. The van der Waals surface area contributed by atoms with Gasteiger partial charge in [-0.05, 0) is 37.2 Å². The molecule has 2 aliphatic rings. The fourth-order valence-electron chi connectivity index (χ4n) is 3.90. The maximum Gasteiger partial charge on any atom is 0.164 e. The summed E-state index contributed by atoms with van der Waals surface area (Å²) >= 11 is 0. The molecule has 0 spiro atoms. The van der Waals surface area contributed by atoms with E-state index < -0.39 is 0 Å². The van der Waals surface area contributed by atoms with E-state index in [2.05, 4.69) is 13.0 Å². The van der Waals surface area contributed by atoms with Crippen LogP contribution in [0.25, 0.3) is 0 Å². The number of carbonyl (C=O) groups excluding carboxylic acids is 1. The third-order valence-corrected chi connectivity index (χ3v) is 4.61. The zero-order chi connectivity index (χ0) is 12.3. The molecule has 0 aromatic heterocycles. The number of methoxy groups -OCH3 is 1. The maximum atomic E-state index is 12.4. The van der Waals surface area contributed by atoms with Crippen LogP contribution in [0.15, 0.2) is 12.2 Å². The molecule has 2 heteroatoms. The quantitative estimate of drug-likeness (QED) is 0.748. The molecular formula is C15H24O2. The van der Waals surface area contributed by atoms with Gasteiger partial charge in [0.05, 0.1) is 12.0 Å². The zero-order valence-electron chi connectivity index (χ0n) is 11.1. The van der Waals surface area contributed by atoms with E-state index in [9.17, 15) is 4.79 Å². The standard InChI is InChI=1S/C15H24O2/c1-3-10-15(11-17-2)13-7-5-4-6-12(13)8-9-14(15)16/h8-9,12-13H,3-7,10-11H2,1-2H3/t12-,13?,15+/m0/s1. The van der Waals surface area contributed by atoms with Crippen LogP contribution in [0.4, 0.5) is 0 Å². The van der Waals surface area contributed by atoms with Crippen LogP contribution in [-0.2, 0) is 9.53 Å². The lowest BCUT2D eigenvalue weighted by atomic mass is 9.58. The van der Waals surface area contributed by atoms with Gasteiger partial charge in [0.25, 0.3) is 0 Å². The molecule has 2 rings (SSSR count). The molecule has 2 aliphatic carbocycles. The smallest absolute Gasteiger partial charge is 0.164 e. The van der Waals surface area contributed by atoms with Gasteiger partial charge in [0.2, 0.25) is 0 Å². The van der Waals surface area contributed by atoms with Crippen LogP contribution in [0.3, 0.4) is 0 Å². The third-order valence-electron chi connectivity index (χ3n) is 4.61. The molecule has 0 aromatic rings. The first-order valence-electron chi connectivity index (χ1n) is 6.96. The summed E-state index contributed by atoms with van der Waals surface area (Å²) < 4.78 is 5.40. The molecule has 2 nitrogen and oxygen atoms in total. The van der Waals surface area contributed by atoms with Crippen molar-refractivity contribution in [2.75, 3.05) is 13.7 Å². The Morgan fingerprint density at radius 1 is 1.41 bits per heavy atom. The molecular weight excluding hydrogens is 212 g/mol. The first-order valence-corrected chi connectivity index (χ1v) is 6.96. The van der Waals surface area contributed by atoms with Gasteiger partial charge in [-0.25, -0.2) is 0 Å². The van der Waals surface area contributed by atoms with Crippen LogP contribution >= 0.6 is 0 Å². The molecule has 0 radical (unpaired) electrons. The summed E-state index contributed by atoms with van der Waals surface area (Å²) in [6.07, 6.45) is 11.1. The third kappa shape index (κ3) is 2.20. The number of ether oxygens (including phenoxy) is 1. The topological polar surface area (TPSA) is 26.3 Å². The predicted molar refractivity (Wildman–Crippen MR) is 68.8 cm³/mol. The number of hydrogen-bond acceptors (Lipinski definition) is 2. The number of ketones is 1. The van der Waals surface area contributed by atoms with E-state index in [1.165, 1.54) is 25.7 Å². The van der Waals surface area contributed by atoms with Crippen molar-refractivity contribution in [3.63, 3.8) is 0 Å². The molecule has 1 unspecified atom stereocenters. The van der Waals surface area contributed by atoms with Crippen LogP contribution < -0.4 is 0 Å². The lowest BCUT2D eigenvalue weighted by Gasteiger charge is -2.46. The van der Waals surface area contributed by atoms with Crippen LogP contribution in [0.5, 0.6) is 0 Å². The second kappa shape index (κ2) is 5.34. The Morgan fingerprint density at radius 3 is 2.88 bits per heavy atom. The summed E-state index contributed by atoms with van der Waals surface area (Å²) in [5.41, 5.74) is -0.219. The molecule has 0 N–H and O–H groups in total. The summed E-state index contributed by atoms with van der Waals surface area (Å²) in [6.45, 7) is 2.77. The van der Waals surface area contributed by atoms with Crippen LogP contribution in [0.2, 0.25) is 0 Å². The molecule has 1 saturated carbocycles. The summed E-state index contributed by atoms with van der Waals surface area (Å²) in [6, 6.07) is 0. The Morgan fingerprint density at radius 2 is 2.18 bits per heavy atom. The van der Waals surface area contributed by atoms with Gasteiger partial charge >= 0.3 is 0 Å². The zero-order valence-corrected chi connectivity index (χ0v) is 11.1. The van der Waals surface area contributed by atoms with E-state index in [0.717, 1.165) is 12.8 Å². The van der Waals surface area contributed by atoms with Gasteiger partial charge in [0.1, 0.15) is 0 Å². The highest BCUT2D eigenvalue weighted by molar-refractivity contribution is 5.96. The Bertz CT molecular complexity index is 300. The molecule has 17 heavy (non-hydrogen) atoms. The summed E-state index contributed by atoms with van der Waals surface area (Å²) in [7, 11) is 1.72. The molecule has 0 amide bonds. The van der Waals surface area contributed by atoms with E-state index >= 15 is 0 Å². The highest BCUT2D eigenvalue weighted by atomic mass is 16.5. The van der Waals surface area contributed by atoms with Crippen molar-refractivity contribution in [2.24, 2.45) is 17.3 Å². The van der Waals surface area contributed by atoms with Gasteiger partial charge in [0.15, 0.2) is 5.78 Å². The SMILES string of the molecule is CCC[C@]1(COC)C(=O)C=C[C@@H]2CCCCC21. The second-order valence-corrected chi connectivity index (χ2v) is 5.62. The minimum absolute atomic E-state index is 0.219. The van der Waals surface area contributed by atoms with E-state index in [-0.39, 0.29) is 5.41 Å². The number of fused-ring (bicyclic) bond motifs is 1. The highest BCUT2D eigenvalue weighted by Gasteiger charge is 2.48. The van der Waals surface area contributed by atoms with Crippen molar-refractivity contribution in [1.29, 1.82) is 0 Å². The maximum absolute atomic E-state index is 12.4. The van der Waals surface area contributed by atoms with Crippen molar-refractivity contribution in [1.82, 2.24) is 0 Å². The van der Waals surface area contributed by atoms with E-state index in [0.29, 0.717) is 24.2 Å². The van der Waals surface area contributed by atoms with Crippen molar-refractivity contribution in [3.8, 4) is 0 Å². The van der Waals surface area contributed by atoms with Gasteiger partial charge < -0.3 is 4.74 Å². The average Bonchev–Trinajstić information content (AvgIpc) is 2.35. The first-order chi connectivity index (χ1) is 8.24. The monoisotopic (exact) mass is 236 g/mol. The summed E-state index contributed by atoms with van der Waals surface area (Å²) in [4.78, 5) is 12.4. The van der Waals surface area contributed by atoms with Gasteiger partial charge in [-0.3, -0.25) is 4.79 Å². The second-order valence-electron chi connectivity index (χ2n) is 5.62. The van der Waals surface area contributed by atoms with Crippen molar-refractivity contribution < 1.29 is 9.53 Å². The van der Waals surface area contributed by atoms with Gasteiger partial charge in [-0.15, -0.1) is 0 Å². The van der Waals surface area contributed by atoms with Gasteiger partial charge in [-0.1, -0.05) is 32.3 Å². The molecule has 1 fully saturated rings. The molecule has 0 aliphatic heterocycles. The van der Waals surface area contributed by atoms with E-state index in [1.54, 1.807) is 7.11 Å². The van der Waals surface area contributed by atoms with Gasteiger partial charge in [0, 0.05) is 7.11 Å². The molecule has 0 saturated heterocycles. The highest BCUT2D eigenvalue weighted by Crippen LogP contribution is 2.49. The lowest BCUT2D eigenvalue weighted by Crippen LogP contribution is -2.48. The molecule has 0 bridgehead atoms. The van der Waals surface area contributed by atoms with Crippen LogP contribution in [0.1, 0.15) is 45.4 Å². The fourth-order valence-corrected chi connectivity index (χ4v) is 3.90. The Hall–Kier alpha value is -0.630. The minimum atomic E-state index is -0.219. The number of hydrogen-bond donors (Lipinski definition) is 0.